The van der Waals surface area contributed by atoms with E-state index in [1.807, 2.05) is 25.2 Å². The minimum absolute atomic E-state index is 0.338. The SMILES string of the molecule is CCNC(=NCc1cc(C(C)C)no1)N(C)Cc1cc(OC)c(OC)cc1C. The Kier molecular flexibility index (Phi) is 7.72. The number of rotatable bonds is 8. The summed E-state index contributed by atoms with van der Waals surface area (Å²) in [6.07, 6.45) is 0. The standard InChI is InChI=1S/C21H32N4O3/c1-8-22-21(23-12-17-11-18(14(2)3)24-28-17)25(5)13-16-10-20(27-7)19(26-6)9-15(16)4/h9-11,14H,8,12-13H2,1-7H3,(H,22,23). The molecule has 0 amide bonds. The molecule has 28 heavy (non-hydrogen) atoms. The van der Waals surface area contributed by atoms with Crippen LogP contribution in [0, 0.1) is 6.92 Å². The van der Waals surface area contributed by atoms with Crippen LogP contribution in [0.1, 0.15) is 49.3 Å². The summed E-state index contributed by atoms with van der Waals surface area (Å²) in [4.78, 5) is 6.78. The second-order valence-electron chi connectivity index (χ2n) is 7.03. The molecule has 0 spiro atoms. The number of ether oxygens (including phenoxy) is 2. The molecular formula is C21H32N4O3. The molecule has 1 heterocycles. The van der Waals surface area contributed by atoms with E-state index in [2.05, 4.69) is 43.1 Å². The number of hydrogen-bond donors (Lipinski definition) is 1. The van der Waals surface area contributed by atoms with E-state index >= 15 is 0 Å². The number of guanidine groups is 1. The number of nitrogens with zero attached hydrogens (tertiary/aromatic N) is 3. The lowest BCUT2D eigenvalue weighted by Crippen LogP contribution is -2.38. The second-order valence-corrected chi connectivity index (χ2v) is 7.03. The van der Waals surface area contributed by atoms with Gasteiger partial charge in [0.15, 0.2) is 23.2 Å². The van der Waals surface area contributed by atoms with Gasteiger partial charge in [0.1, 0.15) is 6.54 Å². The van der Waals surface area contributed by atoms with Crippen molar-refractivity contribution in [1.82, 2.24) is 15.4 Å². The van der Waals surface area contributed by atoms with Crippen LogP contribution in [-0.4, -0.2) is 43.8 Å². The van der Waals surface area contributed by atoms with Crippen LogP contribution >= 0.6 is 0 Å². The maximum Gasteiger partial charge on any atom is 0.194 e. The fourth-order valence-electron chi connectivity index (χ4n) is 2.82. The maximum absolute atomic E-state index is 5.44. The largest absolute Gasteiger partial charge is 0.493 e. The first-order valence-corrected chi connectivity index (χ1v) is 9.56. The van der Waals surface area contributed by atoms with Crippen LogP contribution in [0.2, 0.25) is 0 Å². The van der Waals surface area contributed by atoms with Crippen LogP contribution in [0.15, 0.2) is 27.7 Å². The van der Waals surface area contributed by atoms with Gasteiger partial charge in [-0.1, -0.05) is 19.0 Å². The predicted octanol–water partition coefficient (Wildman–Crippen LogP) is 3.72. The highest BCUT2D eigenvalue weighted by molar-refractivity contribution is 5.79. The molecule has 154 valence electrons. The van der Waals surface area contributed by atoms with Gasteiger partial charge in [0.2, 0.25) is 0 Å². The molecule has 1 aromatic heterocycles. The van der Waals surface area contributed by atoms with Crippen molar-refractivity contribution in [2.24, 2.45) is 4.99 Å². The van der Waals surface area contributed by atoms with Gasteiger partial charge in [-0.25, -0.2) is 4.99 Å². The topological polar surface area (TPSA) is 72.1 Å². The Bertz CT molecular complexity index is 799. The zero-order chi connectivity index (χ0) is 20.7. The van der Waals surface area contributed by atoms with Crippen molar-refractivity contribution in [2.45, 2.75) is 46.7 Å². The molecule has 0 atom stereocenters. The maximum atomic E-state index is 5.44. The average Bonchev–Trinajstić information content (AvgIpc) is 3.15. The molecule has 0 saturated carbocycles. The highest BCUT2D eigenvalue weighted by atomic mass is 16.5. The fourth-order valence-corrected chi connectivity index (χ4v) is 2.82. The summed E-state index contributed by atoms with van der Waals surface area (Å²) in [5.74, 6) is 3.36. The molecule has 0 saturated heterocycles. The van der Waals surface area contributed by atoms with Crippen LogP contribution < -0.4 is 14.8 Å². The van der Waals surface area contributed by atoms with Crippen molar-refractivity contribution in [2.75, 3.05) is 27.8 Å². The van der Waals surface area contributed by atoms with E-state index in [1.54, 1.807) is 14.2 Å². The predicted molar refractivity (Wildman–Crippen MR) is 111 cm³/mol. The quantitative estimate of drug-likeness (QED) is 0.549. The van der Waals surface area contributed by atoms with E-state index < -0.39 is 0 Å². The molecule has 1 aromatic carbocycles. The van der Waals surface area contributed by atoms with E-state index in [1.165, 1.54) is 0 Å². The van der Waals surface area contributed by atoms with Crippen molar-refractivity contribution >= 4 is 5.96 Å². The summed E-state index contributed by atoms with van der Waals surface area (Å²) in [6.45, 7) is 10.2. The number of methoxy groups -OCH3 is 2. The molecule has 0 bridgehead atoms. The van der Waals surface area contributed by atoms with Crippen molar-refractivity contribution in [3.63, 3.8) is 0 Å². The first-order valence-electron chi connectivity index (χ1n) is 9.56. The Hall–Kier alpha value is -2.70. The summed E-state index contributed by atoms with van der Waals surface area (Å²) in [6, 6.07) is 5.98. The smallest absolute Gasteiger partial charge is 0.194 e. The highest BCUT2D eigenvalue weighted by Crippen LogP contribution is 2.30. The van der Waals surface area contributed by atoms with Gasteiger partial charge in [0.05, 0.1) is 19.9 Å². The third kappa shape index (κ3) is 5.41. The number of aliphatic imine (C=N–C) groups is 1. The summed E-state index contributed by atoms with van der Waals surface area (Å²) in [5.41, 5.74) is 3.23. The van der Waals surface area contributed by atoms with Gasteiger partial charge in [-0.15, -0.1) is 0 Å². The Labute approximate surface area is 167 Å². The number of hydrogen-bond acceptors (Lipinski definition) is 5. The van der Waals surface area contributed by atoms with Crippen LogP contribution in [0.3, 0.4) is 0 Å². The van der Waals surface area contributed by atoms with Crippen molar-refractivity contribution in [3.05, 3.63) is 40.8 Å². The van der Waals surface area contributed by atoms with Gasteiger partial charge in [0, 0.05) is 26.2 Å². The van der Waals surface area contributed by atoms with Gasteiger partial charge < -0.3 is 24.2 Å². The summed E-state index contributed by atoms with van der Waals surface area (Å²) < 4.78 is 16.2. The van der Waals surface area contributed by atoms with Gasteiger partial charge in [-0.05, 0) is 43.0 Å². The zero-order valence-electron chi connectivity index (χ0n) is 18.0. The van der Waals surface area contributed by atoms with Gasteiger partial charge in [0.25, 0.3) is 0 Å². The normalized spacial score (nSPS) is 11.6. The first kappa shape index (κ1) is 21.6. The zero-order valence-corrected chi connectivity index (χ0v) is 18.0. The molecule has 2 aromatic rings. The van der Waals surface area contributed by atoms with E-state index in [4.69, 9.17) is 19.0 Å². The lowest BCUT2D eigenvalue weighted by molar-refractivity contribution is 0.353. The molecule has 0 unspecified atom stereocenters. The van der Waals surface area contributed by atoms with Gasteiger partial charge in [-0.2, -0.15) is 0 Å². The lowest BCUT2D eigenvalue weighted by Gasteiger charge is -2.23. The highest BCUT2D eigenvalue weighted by Gasteiger charge is 2.13. The van der Waals surface area contributed by atoms with Crippen LogP contribution in [-0.2, 0) is 13.1 Å². The van der Waals surface area contributed by atoms with Crippen LogP contribution in [0.4, 0.5) is 0 Å². The second kappa shape index (κ2) is 10.0. The van der Waals surface area contributed by atoms with Crippen molar-refractivity contribution < 1.29 is 14.0 Å². The monoisotopic (exact) mass is 388 g/mol. The van der Waals surface area contributed by atoms with Gasteiger partial charge >= 0.3 is 0 Å². The molecule has 2 rings (SSSR count). The number of aromatic nitrogens is 1. The van der Waals surface area contributed by atoms with Crippen molar-refractivity contribution in [1.29, 1.82) is 0 Å². The molecular weight excluding hydrogens is 356 g/mol. The number of aryl methyl sites for hydroxylation is 1. The molecule has 7 nitrogen and oxygen atoms in total. The fraction of sp³-hybridized carbons (Fsp3) is 0.524. The molecule has 0 aliphatic heterocycles. The van der Waals surface area contributed by atoms with E-state index in [0.29, 0.717) is 19.0 Å². The number of benzene rings is 1. The third-order valence-corrected chi connectivity index (χ3v) is 4.50. The molecule has 0 fully saturated rings. The van der Waals surface area contributed by atoms with E-state index in [9.17, 15) is 0 Å². The minimum atomic E-state index is 0.338. The van der Waals surface area contributed by atoms with E-state index in [-0.39, 0.29) is 0 Å². The summed E-state index contributed by atoms with van der Waals surface area (Å²) in [5, 5.41) is 7.43. The Morgan fingerprint density at radius 2 is 1.89 bits per heavy atom. The lowest BCUT2D eigenvalue weighted by atomic mass is 10.1. The van der Waals surface area contributed by atoms with Crippen LogP contribution in [0.25, 0.3) is 0 Å². The molecule has 0 aliphatic carbocycles. The third-order valence-electron chi connectivity index (χ3n) is 4.50. The Morgan fingerprint density at radius 1 is 1.21 bits per heavy atom. The molecule has 7 heteroatoms. The van der Waals surface area contributed by atoms with Crippen molar-refractivity contribution in [3.8, 4) is 11.5 Å². The first-order chi connectivity index (χ1) is 13.4. The number of nitrogens with one attached hydrogen (secondary N) is 1. The Balaban J connectivity index is 2.16. The van der Waals surface area contributed by atoms with Crippen LogP contribution in [0.5, 0.6) is 11.5 Å². The molecule has 1 N–H and O–H groups in total. The summed E-state index contributed by atoms with van der Waals surface area (Å²) in [7, 11) is 5.31. The average molecular weight is 389 g/mol. The molecule has 0 aliphatic rings. The minimum Gasteiger partial charge on any atom is -0.493 e. The summed E-state index contributed by atoms with van der Waals surface area (Å²) >= 11 is 0. The van der Waals surface area contributed by atoms with E-state index in [0.717, 1.165) is 46.6 Å². The Morgan fingerprint density at radius 3 is 2.46 bits per heavy atom. The van der Waals surface area contributed by atoms with Gasteiger partial charge in [-0.3, -0.25) is 0 Å². The molecule has 0 radical (unpaired) electrons.